The van der Waals surface area contributed by atoms with Crippen molar-refractivity contribution in [2.75, 3.05) is 6.61 Å². The third-order valence-electron chi connectivity index (χ3n) is 4.84. The quantitative estimate of drug-likeness (QED) is 0.582. The monoisotopic (exact) mass is 407 g/mol. The Balaban J connectivity index is 1.94. The summed E-state index contributed by atoms with van der Waals surface area (Å²) in [7, 11) is 0. The molecule has 3 aromatic rings. The number of carbonyl (C=O) groups excluding carboxylic acids is 1. The predicted molar refractivity (Wildman–Crippen MR) is 98.0 cm³/mol. The van der Waals surface area contributed by atoms with E-state index in [1.807, 2.05) is 6.92 Å². The van der Waals surface area contributed by atoms with Crippen LogP contribution in [-0.4, -0.2) is 37.1 Å². The molecule has 154 valence electrons. The van der Waals surface area contributed by atoms with E-state index in [1.54, 1.807) is 17.8 Å². The molecular weight excluding hydrogens is 387 g/mol. The van der Waals surface area contributed by atoms with Crippen molar-refractivity contribution in [3.63, 3.8) is 0 Å². The first-order chi connectivity index (χ1) is 13.8. The highest BCUT2D eigenvalue weighted by atomic mass is 19.4. The molecule has 0 radical (unpaired) electrons. The Labute approximate surface area is 164 Å². The Hall–Kier alpha value is -2.91. The summed E-state index contributed by atoms with van der Waals surface area (Å²) in [4.78, 5) is 16.4. The lowest BCUT2D eigenvalue weighted by Crippen LogP contribution is -2.15. The maximum absolute atomic E-state index is 14.0. The molecule has 7 nitrogen and oxygen atoms in total. The summed E-state index contributed by atoms with van der Waals surface area (Å²) >= 11 is 0. The standard InChI is InChI=1S/C19H20F3N5O2/c1-3-26-9-12(8-23-26)14-7-13(19(20,21)22)16-17(11-5-6-11)25-27(18(16)24-14)10-15(28)29-4-2/h7-9,11H,3-6,10H2,1-2H3. The van der Waals surface area contributed by atoms with Crippen LogP contribution in [0.25, 0.3) is 22.3 Å². The van der Waals surface area contributed by atoms with Gasteiger partial charge in [0.25, 0.3) is 0 Å². The number of aromatic nitrogens is 5. The summed E-state index contributed by atoms with van der Waals surface area (Å²) in [5.41, 5.74) is 0.195. The van der Waals surface area contributed by atoms with Crippen molar-refractivity contribution in [2.24, 2.45) is 0 Å². The van der Waals surface area contributed by atoms with Gasteiger partial charge in [-0.3, -0.25) is 9.48 Å². The molecule has 0 amide bonds. The Kier molecular flexibility index (Phi) is 4.79. The topological polar surface area (TPSA) is 74.8 Å². The minimum absolute atomic E-state index is 0.0315. The molecule has 1 aliphatic rings. The molecule has 0 unspecified atom stereocenters. The number of carbonyl (C=O) groups is 1. The second kappa shape index (κ2) is 7.16. The highest BCUT2D eigenvalue weighted by Crippen LogP contribution is 2.46. The Morgan fingerprint density at radius 2 is 2.07 bits per heavy atom. The van der Waals surface area contributed by atoms with Gasteiger partial charge in [0.2, 0.25) is 0 Å². The molecule has 0 aromatic carbocycles. The van der Waals surface area contributed by atoms with E-state index in [9.17, 15) is 18.0 Å². The maximum atomic E-state index is 14.0. The van der Waals surface area contributed by atoms with Gasteiger partial charge >= 0.3 is 12.1 Å². The third kappa shape index (κ3) is 3.70. The van der Waals surface area contributed by atoms with Crippen molar-refractivity contribution in [3.8, 4) is 11.3 Å². The first-order valence-corrected chi connectivity index (χ1v) is 9.48. The highest BCUT2D eigenvalue weighted by Gasteiger charge is 2.39. The molecule has 0 saturated heterocycles. The maximum Gasteiger partial charge on any atom is 0.417 e. The Bertz CT molecular complexity index is 1070. The molecule has 1 aliphatic carbocycles. The van der Waals surface area contributed by atoms with Crippen LogP contribution in [0.5, 0.6) is 0 Å². The first-order valence-electron chi connectivity index (χ1n) is 9.48. The lowest BCUT2D eigenvalue weighted by Gasteiger charge is -2.11. The summed E-state index contributed by atoms with van der Waals surface area (Å²) < 4.78 is 49.7. The fourth-order valence-corrected chi connectivity index (χ4v) is 3.32. The van der Waals surface area contributed by atoms with Crippen molar-refractivity contribution >= 4 is 17.0 Å². The highest BCUT2D eigenvalue weighted by molar-refractivity contribution is 5.87. The van der Waals surface area contributed by atoms with E-state index < -0.39 is 17.7 Å². The smallest absolute Gasteiger partial charge is 0.417 e. The molecule has 0 N–H and O–H groups in total. The first kappa shape index (κ1) is 19.4. The zero-order chi connectivity index (χ0) is 20.8. The van der Waals surface area contributed by atoms with E-state index in [1.165, 1.54) is 10.9 Å². The lowest BCUT2D eigenvalue weighted by atomic mass is 10.0. The number of esters is 1. The predicted octanol–water partition coefficient (Wildman–Crippen LogP) is 3.77. The zero-order valence-corrected chi connectivity index (χ0v) is 16.0. The second-order valence-electron chi connectivity index (χ2n) is 6.96. The van der Waals surface area contributed by atoms with E-state index in [0.29, 0.717) is 17.8 Å². The number of hydrogen-bond donors (Lipinski definition) is 0. The average molecular weight is 407 g/mol. The summed E-state index contributed by atoms with van der Waals surface area (Å²) in [5.74, 6) is -0.614. The Morgan fingerprint density at radius 3 is 2.66 bits per heavy atom. The van der Waals surface area contributed by atoms with Gasteiger partial charge in [-0.15, -0.1) is 0 Å². The average Bonchev–Trinajstić information content (AvgIpc) is 3.28. The fraction of sp³-hybridized carbons (Fsp3) is 0.474. The van der Waals surface area contributed by atoms with Gasteiger partial charge < -0.3 is 4.74 Å². The molecular formula is C19H20F3N5O2. The van der Waals surface area contributed by atoms with Gasteiger partial charge in [0.05, 0.1) is 35.1 Å². The lowest BCUT2D eigenvalue weighted by molar-refractivity contribution is -0.144. The van der Waals surface area contributed by atoms with Crippen LogP contribution in [0.15, 0.2) is 18.5 Å². The molecule has 0 bridgehead atoms. The van der Waals surface area contributed by atoms with Crippen LogP contribution in [0.3, 0.4) is 0 Å². The normalized spacial score (nSPS) is 14.5. The van der Waals surface area contributed by atoms with Crippen LogP contribution in [0, 0.1) is 0 Å². The number of ether oxygens (including phenoxy) is 1. The van der Waals surface area contributed by atoms with Gasteiger partial charge in [-0.2, -0.15) is 23.4 Å². The second-order valence-corrected chi connectivity index (χ2v) is 6.96. The van der Waals surface area contributed by atoms with Gasteiger partial charge in [-0.25, -0.2) is 9.67 Å². The number of fused-ring (bicyclic) bond motifs is 1. The molecule has 3 heterocycles. The molecule has 1 fully saturated rings. The van der Waals surface area contributed by atoms with Crippen molar-refractivity contribution in [1.29, 1.82) is 0 Å². The number of aryl methyl sites for hydroxylation is 1. The number of pyridine rings is 1. The minimum Gasteiger partial charge on any atom is -0.465 e. The number of hydrogen-bond acceptors (Lipinski definition) is 5. The summed E-state index contributed by atoms with van der Waals surface area (Å²) in [5, 5.41) is 8.43. The van der Waals surface area contributed by atoms with E-state index in [4.69, 9.17) is 4.74 Å². The fourth-order valence-electron chi connectivity index (χ4n) is 3.32. The molecule has 3 aromatic heterocycles. The SMILES string of the molecule is CCOC(=O)Cn1nc(C2CC2)c2c(C(F)(F)F)cc(-c3cnn(CC)c3)nc21. The van der Waals surface area contributed by atoms with Crippen molar-refractivity contribution in [3.05, 3.63) is 29.7 Å². The molecule has 1 saturated carbocycles. The Morgan fingerprint density at radius 1 is 1.31 bits per heavy atom. The van der Waals surface area contributed by atoms with Crippen molar-refractivity contribution in [1.82, 2.24) is 24.5 Å². The van der Waals surface area contributed by atoms with Gasteiger partial charge in [0.1, 0.15) is 6.54 Å². The minimum atomic E-state index is -4.59. The number of alkyl halides is 3. The van der Waals surface area contributed by atoms with Gasteiger partial charge in [0.15, 0.2) is 5.65 Å². The van der Waals surface area contributed by atoms with Crippen molar-refractivity contribution in [2.45, 2.75) is 51.9 Å². The van der Waals surface area contributed by atoms with Crippen LogP contribution in [0.4, 0.5) is 13.2 Å². The van der Waals surface area contributed by atoms with Crippen LogP contribution in [-0.2, 0) is 28.8 Å². The number of nitrogens with zero attached hydrogens (tertiary/aromatic N) is 5. The van der Waals surface area contributed by atoms with E-state index in [0.717, 1.165) is 18.9 Å². The van der Waals surface area contributed by atoms with Gasteiger partial charge in [-0.05, 0) is 32.8 Å². The molecule has 0 spiro atoms. The van der Waals surface area contributed by atoms with E-state index >= 15 is 0 Å². The molecule has 0 atom stereocenters. The molecule has 29 heavy (non-hydrogen) atoms. The van der Waals surface area contributed by atoms with Crippen LogP contribution >= 0.6 is 0 Å². The summed E-state index contributed by atoms with van der Waals surface area (Å²) in [6.45, 7) is 4.01. The van der Waals surface area contributed by atoms with Crippen molar-refractivity contribution < 1.29 is 22.7 Å². The van der Waals surface area contributed by atoms with Crippen LogP contribution in [0.2, 0.25) is 0 Å². The summed E-state index contributed by atoms with van der Waals surface area (Å²) in [6.07, 6.45) is 0.0770. The number of rotatable bonds is 6. The molecule has 4 rings (SSSR count). The largest absolute Gasteiger partial charge is 0.465 e. The zero-order valence-electron chi connectivity index (χ0n) is 16.0. The van der Waals surface area contributed by atoms with Crippen LogP contribution < -0.4 is 0 Å². The van der Waals surface area contributed by atoms with E-state index in [-0.39, 0.29) is 35.8 Å². The molecule has 10 heteroatoms. The van der Waals surface area contributed by atoms with Gasteiger partial charge in [0, 0.05) is 24.2 Å². The summed E-state index contributed by atoms with van der Waals surface area (Å²) in [6, 6.07) is 1.04. The number of halogens is 3. The third-order valence-corrected chi connectivity index (χ3v) is 4.84. The molecule has 0 aliphatic heterocycles. The van der Waals surface area contributed by atoms with Gasteiger partial charge in [-0.1, -0.05) is 0 Å². The van der Waals surface area contributed by atoms with E-state index in [2.05, 4.69) is 15.2 Å². The van der Waals surface area contributed by atoms with Crippen LogP contribution in [0.1, 0.15) is 43.9 Å².